The van der Waals surface area contributed by atoms with Crippen molar-refractivity contribution < 1.29 is 24.0 Å². The topological polar surface area (TPSA) is 83.5 Å². The summed E-state index contributed by atoms with van der Waals surface area (Å²) in [4.78, 5) is 36.1. The lowest BCUT2D eigenvalue weighted by molar-refractivity contribution is -0.895. The largest absolute Gasteiger partial charge is 0.480 e. The molecule has 1 saturated heterocycles. The van der Waals surface area contributed by atoms with Crippen LogP contribution in [0.2, 0.25) is 0 Å². The van der Waals surface area contributed by atoms with E-state index in [9.17, 15) is 14.4 Å². The Kier molecular flexibility index (Phi) is 6.56. The summed E-state index contributed by atoms with van der Waals surface area (Å²) >= 11 is 0. The van der Waals surface area contributed by atoms with Crippen molar-refractivity contribution in [3.05, 3.63) is 0 Å². The van der Waals surface area contributed by atoms with Gasteiger partial charge in [0.05, 0.1) is 27.2 Å². The van der Waals surface area contributed by atoms with Crippen LogP contribution < -0.4 is 5.32 Å². The number of quaternary nitrogens is 1. The van der Waals surface area contributed by atoms with Crippen LogP contribution in [0.15, 0.2) is 0 Å². The summed E-state index contributed by atoms with van der Waals surface area (Å²) < 4.78 is 0.934. The molecule has 0 aromatic rings. The van der Waals surface area contributed by atoms with Crippen molar-refractivity contribution in [2.45, 2.75) is 53.0 Å². The van der Waals surface area contributed by atoms with E-state index in [0.717, 1.165) is 30.4 Å². The fraction of sp³-hybridized carbons (Fsp3) is 0.833. The molecule has 2 N–H and O–H groups in total. The number of carbonyl (C=O) groups is 3. The number of carbonyl (C=O) groups excluding carboxylic acids is 2. The van der Waals surface area contributed by atoms with Crippen molar-refractivity contribution in [3.63, 3.8) is 0 Å². The summed E-state index contributed by atoms with van der Waals surface area (Å²) in [6.07, 6.45) is 1.89. The molecule has 6 nitrogen and oxygen atoms in total. The molecule has 0 bridgehead atoms. The molecule has 1 rings (SSSR count). The predicted octanol–water partition coefficient (Wildman–Crippen LogP) is 1.68. The molecule has 0 saturated carbocycles. The Morgan fingerprint density at radius 1 is 1.17 bits per heavy atom. The first kappa shape index (κ1) is 20.6. The molecule has 24 heavy (non-hydrogen) atoms. The van der Waals surface area contributed by atoms with Crippen LogP contribution in [-0.4, -0.2) is 60.5 Å². The van der Waals surface area contributed by atoms with Gasteiger partial charge in [-0.3, -0.25) is 14.4 Å². The van der Waals surface area contributed by atoms with Gasteiger partial charge in [-0.1, -0.05) is 20.8 Å². The second kappa shape index (κ2) is 7.64. The molecule has 2 atom stereocenters. The molecule has 1 aliphatic heterocycles. The van der Waals surface area contributed by atoms with E-state index in [1.165, 1.54) is 6.92 Å². The number of amides is 1. The predicted molar refractivity (Wildman–Crippen MR) is 92.4 cm³/mol. The highest BCUT2D eigenvalue weighted by molar-refractivity contribution is 5.90. The lowest BCUT2D eigenvalue weighted by atomic mass is 9.75. The van der Waals surface area contributed by atoms with Crippen molar-refractivity contribution >= 4 is 17.7 Å². The SMILES string of the molecule is C[C@H](NC(=O)[C@@H](CC(=O)C1CC[N+](C)(C)CC1)C(C)(C)C)C(=O)O. The van der Waals surface area contributed by atoms with Crippen molar-refractivity contribution in [3.8, 4) is 0 Å². The fourth-order valence-corrected chi connectivity index (χ4v) is 3.12. The van der Waals surface area contributed by atoms with Gasteiger partial charge >= 0.3 is 5.97 Å². The second-order valence-corrected chi connectivity index (χ2v) is 8.81. The van der Waals surface area contributed by atoms with Crippen LogP contribution in [0.25, 0.3) is 0 Å². The maximum absolute atomic E-state index is 12.7. The summed E-state index contributed by atoms with van der Waals surface area (Å²) in [5, 5.41) is 11.5. The summed E-state index contributed by atoms with van der Waals surface area (Å²) in [5.41, 5.74) is -0.401. The minimum atomic E-state index is -1.07. The number of nitrogens with zero attached hydrogens (tertiary/aromatic N) is 1. The van der Waals surface area contributed by atoms with Gasteiger partial charge in [0.1, 0.15) is 11.8 Å². The molecule has 138 valence electrons. The molecule has 0 aromatic carbocycles. The maximum Gasteiger partial charge on any atom is 0.325 e. The monoisotopic (exact) mass is 341 g/mol. The first-order valence-electron chi connectivity index (χ1n) is 8.71. The Morgan fingerprint density at radius 2 is 1.67 bits per heavy atom. The van der Waals surface area contributed by atoms with Gasteiger partial charge < -0.3 is 14.9 Å². The number of carboxylic acids is 1. The Hall–Kier alpha value is -1.43. The zero-order valence-corrected chi connectivity index (χ0v) is 15.9. The van der Waals surface area contributed by atoms with E-state index >= 15 is 0 Å². The number of hydrogen-bond donors (Lipinski definition) is 2. The Labute approximate surface area is 145 Å². The molecular weight excluding hydrogens is 308 g/mol. The minimum Gasteiger partial charge on any atom is -0.480 e. The molecule has 0 unspecified atom stereocenters. The number of ketones is 1. The number of carboxylic acid groups (broad SMARTS) is 1. The van der Waals surface area contributed by atoms with Crippen LogP contribution >= 0.6 is 0 Å². The average molecular weight is 341 g/mol. The number of nitrogens with one attached hydrogen (secondary N) is 1. The summed E-state index contributed by atoms with van der Waals surface area (Å²) in [5.74, 6) is -1.79. The maximum atomic E-state index is 12.7. The number of likely N-dealkylation sites (tertiary alicyclic amines) is 1. The van der Waals surface area contributed by atoms with E-state index in [1.807, 2.05) is 20.8 Å². The summed E-state index contributed by atoms with van der Waals surface area (Å²) in [6, 6.07) is -0.953. The molecule has 1 heterocycles. The first-order valence-corrected chi connectivity index (χ1v) is 8.71. The number of Topliss-reactive ketones (excluding diaryl/α,β-unsaturated/α-hetero) is 1. The van der Waals surface area contributed by atoms with Gasteiger partial charge in [0.2, 0.25) is 5.91 Å². The molecule has 6 heteroatoms. The quantitative estimate of drug-likeness (QED) is 0.720. The molecule has 0 spiro atoms. The van der Waals surface area contributed by atoms with E-state index in [2.05, 4.69) is 19.4 Å². The number of piperidine rings is 1. The van der Waals surface area contributed by atoms with Crippen LogP contribution in [-0.2, 0) is 14.4 Å². The highest BCUT2D eigenvalue weighted by Gasteiger charge is 2.37. The van der Waals surface area contributed by atoms with Gasteiger partial charge in [-0.25, -0.2) is 0 Å². The Bertz CT molecular complexity index is 484. The van der Waals surface area contributed by atoms with Gasteiger partial charge in [-0.2, -0.15) is 0 Å². The number of hydrogen-bond acceptors (Lipinski definition) is 3. The van der Waals surface area contributed by atoms with Crippen LogP contribution in [0.3, 0.4) is 0 Å². The van der Waals surface area contributed by atoms with E-state index in [-0.39, 0.29) is 24.0 Å². The Morgan fingerprint density at radius 3 is 2.08 bits per heavy atom. The smallest absolute Gasteiger partial charge is 0.325 e. The van der Waals surface area contributed by atoms with Crippen molar-refractivity contribution in [2.24, 2.45) is 17.3 Å². The highest BCUT2D eigenvalue weighted by Crippen LogP contribution is 2.32. The van der Waals surface area contributed by atoms with E-state index in [1.54, 1.807) is 0 Å². The van der Waals surface area contributed by atoms with Gasteiger partial charge in [0.25, 0.3) is 0 Å². The lowest BCUT2D eigenvalue weighted by Gasteiger charge is -2.37. The van der Waals surface area contributed by atoms with Crippen LogP contribution in [0.1, 0.15) is 47.0 Å². The zero-order chi connectivity index (χ0) is 18.7. The normalized spacial score (nSPS) is 20.9. The van der Waals surface area contributed by atoms with Crippen LogP contribution in [0.4, 0.5) is 0 Å². The zero-order valence-electron chi connectivity index (χ0n) is 15.9. The Balaban J connectivity index is 2.75. The van der Waals surface area contributed by atoms with Gasteiger partial charge in [0.15, 0.2) is 0 Å². The van der Waals surface area contributed by atoms with Gasteiger partial charge in [-0.15, -0.1) is 0 Å². The number of rotatable bonds is 6. The third-order valence-corrected chi connectivity index (χ3v) is 5.12. The van der Waals surface area contributed by atoms with Gasteiger partial charge in [0, 0.05) is 31.1 Å². The molecule has 0 radical (unpaired) electrons. The van der Waals surface area contributed by atoms with Crippen molar-refractivity contribution in [1.29, 1.82) is 0 Å². The molecule has 1 aliphatic rings. The average Bonchev–Trinajstić information content (AvgIpc) is 2.42. The molecular formula is C18H33N2O4+. The van der Waals surface area contributed by atoms with E-state index < -0.39 is 23.3 Å². The standard InChI is InChI=1S/C18H32N2O4/c1-12(17(23)24)19-16(22)14(18(2,3)4)11-15(21)13-7-9-20(5,6)10-8-13/h12-14H,7-11H2,1-6H3,(H-,19,22,23,24)/p+1/t12-,14+/m0/s1. The van der Waals surface area contributed by atoms with E-state index in [0.29, 0.717) is 0 Å². The molecule has 0 aliphatic carbocycles. The second-order valence-electron chi connectivity index (χ2n) is 8.81. The molecule has 1 fully saturated rings. The van der Waals surface area contributed by atoms with E-state index in [4.69, 9.17) is 5.11 Å². The molecule has 1 amide bonds. The fourth-order valence-electron chi connectivity index (χ4n) is 3.12. The third kappa shape index (κ3) is 5.89. The van der Waals surface area contributed by atoms with Gasteiger partial charge in [-0.05, 0) is 12.3 Å². The first-order chi connectivity index (χ1) is 10.8. The number of aliphatic carboxylic acids is 1. The minimum absolute atomic E-state index is 0.0192. The van der Waals surface area contributed by atoms with Crippen molar-refractivity contribution in [2.75, 3.05) is 27.2 Å². The summed E-state index contributed by atoms with van der Waals surface area (Å²) in [6.45, 7) is 9.12. The molecule has 0 aromatic heterocycles. The van der Waals surface area contributed by atoms with Crippen LogP contribution in [0.5, 0.6) is 0 Å². The third-order valence-electron chi connectivity index (χ3n) is 5.12. The van der Waals surface area contributed by atoms with Crippen LogP contribution in [0, 0.1) is 17.3 Å². The highest BCUT2D eigenvalue weighted by atomic mass is 16.4. The van der Waals surface area contributed by atoms with Crippen molar-refractivity contribution in [1.82, 2.24) is 5.32 Å². The lowest BCUT2D eigenvalue weighted by Crippen LogP contribution is -2.49. The summed E-state index contributed by atoms with van der Waals surface area (Å²) in [7, 11) is 4.33.